The fourth-order valence-electron chi connectivity index (χ4n) is 1.97. The molecule has 0 bridgehead atoms. The van der Waals surface area contributed by atoms with Gasteiger partial charge in [-0.15, -0.1) is 0 Å². The number of hydrogen-bond donors (Lipinski definition) is 2. The van der Waals surface area contributed by atoms with Crippen LogP contribution in [0.4, 0.5) is 8.78 Å². The van der Waals surface area contributed by atoms with Crippen molar-refractivity contribution in [3.63, 3.8) is 0 Å². The second-order valence-electron chi connectivity index (χ2n) is 4.57. The first-order valence-electron chi connectivity index (χ1n) is 5.70. The topological polar surface area (TPSA) is 38.0 Å². The molecule has 0 saturated heterocycles. The Labute approximate surface area is 108 Å². The molecule has 5 heteroatoms. The first kappa shape index (κ1) is 12.9. The molecule has 1 aromatic carbocycles. The Morgan fingerprint density at radius 1 is 1.41 bits per heavy atom. The summed E-state index contributed by atoms with van der Waals surface area (Å²) in [7, 11) is 0. The zero-order valence-electron chi connectivity index (χ0n) is 9.35. The maximum absolute atomic E-state index is 13.8. The van der Waals surface area contributed by atoms with Crippen LogP contribution in [0.5, 0.6) is 0 Å². The molecule has 0 heterocycles. The summed E-state index contributed by atoms with van der Waals surface area (Å²) in [6.45, 7) is 0. The van der Waals surface area contributed by atoms with E-state index in [9.17, 15) is 8.78 Å². The molecule has 0 aliphatic heterocycles. The van der Waals surface area contributed by atoms with Crippen molar-refractivity contribution in [2.45, 2.75) is 31.7 Å². The normalized spacial score (nSPS) is 17.2. The van der Waals surface area contributed by atoms with E-state index in [2.05, 4.69) is 21.4 Å². The van der Waals surface area contributed by atoms with Gasteiger partial charge in [0.1, 0.15) is 11.6 Å². The zero-order chi connectivity index (χ0) is 12.4. The van der Waals surface area contributed by atoms with Gasteiger partial charge in [-0.1, -0.05) is 12.8 Å². The summed E-state index contributed by atoms with van der Waals surface area (Å²) < 4.78 is 27.6. The molecule has 2 nitrogen and oxygen atoms in total. The molecule has 1 aliphatic carbocycles. The van der Waals surface area contributed by atoms with Crippen LogP contribution >= 0.6 is 15.9 Å². The highest BCUT2D eigenvalue weighted by molar-refractivity contribution is 9.10. The standard InChI is InChI=1S/C12H15BrF2N2/c13-10-3-4-11(14)9(12(10)15)6-8(17-16)5-7-1-2-7/h3-4,7-8,17H,1-2,5-6,16H2. The van der Waals surface area contributed by atoms with Crippen molar-refractivity contribution >= 4 is 15.9 Å². The van der Waals surface area contributed by atoms with E-state index in [1.165, 1.54) is 25.0 Å². The fraction of sp³-hybridized carbons (Fsp3) is 0.500. The van der Waals surface area contributed by atoms with Crippen molar-refractivity contribution in [3.8, 4) is 0 Å². The minimum atomic E-state index is -0.527. The van der Waals surface area contributed by atoms with Crippen LogP contribution in [-0.2, 0) is 6.42 Å². The molecular formula is C12H15BrF2N2. The third-order valence-corrected chi connectivity index (χ3v) is 3.75. The minimum absolute atomic E-state index is 0.0687. The largest absolute Gasteiger partial charge is 0.271 e. The molecular weight excluding hydrogens is 290 g/mol. The second-order valence-corrected chi connectivity index (χ2v) is 5.42. The Hall–Kier alpha value is -0.520. The number of nitrogens with one attached hydrogen (secondary N) is 1. The minimum Gasteiger partial charge on any atom is -0.271 e. The Morgan fingerprint density at radius 2 is 2.12 bits per heavy atom. The number of benzene rings is 1. The van der Waals surface area contributed by atoms with Gasteiger partial charge in [-0.3, -0.25) is 11.3 Å². The van der Waals surface area contributed by atoms with Crippen LogP contribution in [0.25, 0.3) is 0 Å². The van der Waals surface area contributed by atoms with Gasteiger partial charge in [-0.05, 0) is 46.8 Å². The number of nitrogens with two attached hydrogens (primary N) is 1. The monoisotopic (exact) mass is 304 g/mol. The lowest BCUT2D eigenvalue weighted by Crippen LogP contribution is -2.37. The molecule has 0 spiro atoms. The first-order chi connectivity index (χ1) is 8.11. The van der Waals surface area contributed by atoms with Crippen molar-refractivity contribution < 1.29 is 8.78 Å². The van der Waals surface area contributed by atoms with Crippen molar-refractivity contribution in [2.75, 3.05) is 0 Å². The van der Waals surface area contributed by atoms with Crippen LogP contribution in [0.15, 0.2) is 16.6 Å². The van der Waals surface area contributed by atoms with E-state index >= 15 is 0 Å². The maximum atomic E-state index is 13.8. The third-order valence-electron chi connectivity index (χ3n) is 3.14. The average Bonchev–Trinajstić information content (AvgIpc) is 3.12. The van der Waals surface area contributed by atoms with E-state index in [-0.39, 0.29) is 22.5 Å². The lowest BCUT2D eigenvalue weighted by molar-refractivity contribution is 0.444. The molecule has 2 rings (SSSR count). The highest BCUT2D eigenvalue weighted by Gasteiger charge is 2.26. The summed E-state index contributed by atoms with van der Waals surface area (Å²) in [6.07, 6.45) is 3.55. The summed E-state index contributed by atoms with van der Waals surface area (Å²) in [4.78, 5) is 0. The van der Waals surface area contributed by atoms with E-state index in [1.54, 1.807) is 0 Å². The Kier molecular flexibility index (Phi) is 4.12. The number of rotatable bonds is 5. The van der Waals surface area contributed by atoms with Gasteiger partial charge in [0.05, 0.1) is 4.47 Å². The van der Waals surface area contributed by atoms with Gasteiger partial charge in [-0.2, -0.15) is 0 Å². The van der Waals surface area contributed by atoms with Gasteiger partial charge < -0.3 is 0 Å². The highest BCUT2D eigenvalue weighted by atomic mass is 79.9. The summed E-state index contributed by atoms with van der Waals surface area (Å²) in [5.74, 6) is 5.05. The second kappa shape index (κ2) is 5.42. The predicted octanol–water partition coefficient (Wildman–Crippen LogP) is 2.90. The molecule has 17 heavy (non-hydrogen) atoms. The lowest BCUT2D eigenvalue weighted by atomic mass is 10.0. The molecule has 1 fully saturated rings. The summed E-state index contributed by atoms with van der Waals surface area (Å²) in [5.41, 5.74) is 2.75. The van der Waals surface area contributed by atoms with Crippen molar-refractivity contribution in [1.29, 1.82) is 0 Å². The Bertz CT molecular complexity index is 408. The van der Waals surface area contributed by atoms with E-state index in [1.807, 2.05) is 0 Å². The number of hydrazine groups is 1. The van der Waals surface area contributed by atoms with E-state index < -0.39 is 11.6 Å². The van der Waals surface area contributed by atoms with Gasteiger partial charge in [0.2, 0.25) is 0 Å². The van der Waals surface area contributed by atoms with E-state index in [0.717, 1.165) is 6.42 Å². The van der Waals surface area contributed by atoms with Crippen LogP contribution in [-0.4, -0.2) is 6.04 Å². The lowest BCUT2D eigenvalue weighted by Gasteiger charge is -2.16. The molecule has 3 N–H and O–H groups in total. The van der Waals surface area contributed by atoms with E-state index in [0.29, 0.717) is 5.92 Å². The van der Waals surface area contributed by atoms with Gasteiger partial charge in [0.15, 0.2) is 0 Å². The van der Waals surface area contributed by atoms with Crippen LogP contribution in [0.3, 0.4) is 0 Å². The van der Waals surface area contributed by atoms with Gasteiger partial charge in [0, 0.05) is 11.6 Å². The van der Waals surface area contributed by atoms with Crippen LogP contribution in [0.1, 0.15) is 24.8 Å². The van der Waals surface area contributed by atoms with Gasteiger partial charge in [0.25, 0.3) is 0 Å². The molecule has 1 aliphatic rings. The molecule has 94 valence electrons. The molecule has 0 amide bonds. The Balaban J connectivity index is 2.12. The smallest absolute Gasteiger partial charge is 0.143 e. The Morgan fingerprint density at radius 3 is 2.71 bits per heavy atom. The molecule has 1 atom stereocenters. The molecule has 0 aromatic heterocycles. The average molecular weight is 305 g/mol. The third kappa shape index (κ3) is 3.24. The number of halogens is 3. The molecule has 1 aromatic rings. The van der Waals surface area contributed by atoms with Crippen LogP contribution in [0.2, 0.25) is 0 Å². The SMILES string of the molecule is NNC(Cc1c(F)ccc(Br)c1F)CC1CC1. The zero-order valence-corrected chi connectivity index (χ0v) is 10.9. The van der Waals surface area contributed by atoms with Crippen molar-refractivity contribution in [2.24, 2.45) is 11.8 Å². The van der Waals surface area contributed by atoms with E-state index in [4.69, 9.17) is 5.84 Å². The molecule has 0 radical (unpaired) electrons. The fourth-order valence-corrected chi connectivity index (χ4v) is 2.34. The summed E-state index contributed by atoms with van der Waals surface area (Å²) >= 11 is 3.06. The van der Waals surface area contributed by atoms with Crippen LogP contribution < -0.4 is 11.3 Å². The quantitative estimate of drug-likeness (QED) is 0.499. The maximum Gasteiger partial charge on any atom is 0.143 e. The molecule has 1 saturated carbocycles. The van der Waals surface area contributed by atoms with Gasteiger partial charge >= 0.3 is 0 Å². The molecule has 1 unspecified atom stereocenters. The summed E-state index contributed by atoms with van der Waals surface area (Å²) in [6, 6.07) is 2.58. The van der Waals surface area contributed by atoms with Gasteiger partial charge in [-0.25, -0.2) is 8.78 Å². The van der Waals surface area contributed by atoms with Crippen LogP contribution in [0, 0.1) is 17.6 Å². The number of hydrogen-bond acceptors (Lipinski definition) is 2. The summed E-state index contributed by atoms with van der Waals surface area (Å²) in [5, 5.41) is 0. The first-order valence-corrected chi connectivity index (χ1v) is 6.49. The van der Waals surface area contributed by atoms with Crippen molar-refractivity contribution in [1.82, 2.24) is 5.43 Å². The van der Waals surface area contributed by atoms with Crippen molar-refractivity contribution in [3.05, 3.63) is 33.8 Å². The highest BCUT2D eigenvalue weighted by Crippen LogP contribution is 2.34. The predicted molar refractivity (Wildman–Crippen MR) is 66.2 cm³/mol.